The molecule has 1 aromatic carbocycles. The molecule has 1 aromatic rings. The van der Waals surface area contributed by atoms with E-state index in [1.54, 1.807) is 0 Å². The van der Waals surface area contributed by atoms with Crippen molar-refractivity contribution in [2.45, 2.75) is 38.3 Å². The maximum absolute atomic E-state index is 5.79. The van der Waals surface area contributed by atoms with Crippen LogP contribution in [0.15, 0.2) is 24.3 Å². The number of hydrogen-bond donors (Lipinski definition) is 2. The van der Waals surface area contributed by atoms with Crippen molar-refractivity contribution in [3.8, 4) is 5.75 Å². The molecule has 1 atom stereocenters. The van der Waals surface area contributed by atoms with Crippen LogP contribution in [0.5, 0.6) is 5.75 Å². The van der Waals surface area contributed by atoms with Crippen molar-refractivity contribution in [3.05, 3.63) is 29.8 Å². The van der Waals surface area contributed by atoms with E-state index >= 15 is 0 Å². The number of rotatable bonds is 8. The van der Waals surface area contributed by atoms with Gasteiger partial charge in [0.2, 0.25) is 0 Å². The number of benzene rings is 1. The highest BCUT2D eigenvalue weighted by atomic mass is 16.5. The normalized spacial score (nSPS) is 16.6. The smallest absolute Gasteiger partial charge is 0.120 e. The zero-order valence-corrected chi connectivity index (χ0v) is 10.9. The zero-order chi connectivity index (χ0) is 12.8. The molecule has 0 heterocycles. The van der Waals surface area contributed by atoms with Gasteiger partial charge in [-0.25, -0.2) is 0 Å². The van der Waals surface area contributed by atoms with Gasteiger partial charge in [-0.05, 0) is 43.9 Å². The molecule has 3 N–H and O–H groups in total. The molecule has 1 unspecified atom stereocenters. The summed E-state index contributed by atoms with van der Waals surface area (Å²) in [5.41, 5.74) is 3.99. The van der Waals surface area contributed by atoms with Crippen molar-refractivity contribution in [1.29, 1.82) is 0 Å². The van der Waals surface area contributed by atoms with Gasteiger partial charge in [-0.1, -0.05) is 12.1 Å². The lowest BCUT2D eigenvalue weighted by molar-refractivity contribution is 0.136. The quantitative estimate of drug-likeness (QED) is 0.422. The van der Waals surface area contributed by atoms with Gasteiger partial charge in [0.1, 0.15) is 5.75 Å². The summed E-state index contributed by atoms with van der Waals surface area (Å²) in [6.07, 6.45) is 3.63. The third-order valence-corrected chi connectivity index (χ3v) is 3.04. The number of hydrogen-bond acceptors (Lipinski definition) is 4. The average molecular weight is 250 g/mol. The number of ether oxygens (including phenoxy) is 2. The largest absolute Gasteiger partial charge is 0.490 e. The molecule has 0 amide bonds. The van der Waals surface area contributed by atoms with Crippen molar-refractivity contribution >= 4 is 0 Å². The molecule has 0 saturated heterocycles. The number of hydrazine groups is 1. The zero-order valence-electron chi connectivity index (χ0n) is 10.9. The van der Waals surface area contributed by atoms with E-state index in [0.717, 1.165) is 24.3 Å². The minimum Gasteiger partial charge on any atom is -0.490 e. The Labute approximate surface area is 108 Å². The van der Waals surface area contributed by atoms with Gasteiger partial charge in [-0.15, -0.1) is 0 Å². The number of nitrogens with one attached hydrogen (secondary N) is 1. The topological polar surface area (TPSA) is 56.5 Å². The molecule has 1 fully saturated rings. The van der Waals surface area contributed by atoms with Crippen molar-refractivity contribution in [2.24, 2.45) is 5.84 Å². The Morgan fingerprint density at radius 3 is 2.94 bits per heavy atom. The minimum atomic E-state index is 0.110. The van der Waals surface area contributed by atoms with E-state index in [-0.39, 0.29) is 6.04 Å². The molecule has 1 aliphatic rings. The molecule has 0 bridgehead atoms. The summed E-state index contributed by atoms with van der Waals surface area (Å²) in [5.74, 6) is 6.54. The maximum atomic E-state index is 5.79. The molecule has 4 nitrogen and oxygen atoms in total. The number of nitrogens with two attached hydrogens (primary N) is 1. The summed E-state index contributed by atoms with van der Waals surface area (Å²) in [5, 5.41) is 0. The van der Waals surface area contributed by atoms with Crippen LogP contribution in [0.1, 0.15) is 37.8 Å². The van der Waals surface area contributed by atoms with Crippen LogP contribution in [0.2, 0.25) is 0 Å². The van der Waals surface area contributed by atoms with E-state index in [0.29, 0.717) is 12.7 Å². The van der Waals surface area contributed by atoms with Gasteiger partial charge in [-0.2, -0.15) is 0 Å². The molecular weight excluding hydrogens is 228 g/mol. The van der Waals surface area contributed by atoms with E-state index in [9.17, 15) is 0 Å². The van der Waals surface area contributed by atoms with E-state index in [2.05, 4.69) is 17.6 Å². The van der Waals surface area contributed by atoms with Crippen LogP contribution < -0.4 is 16.0 Å². The van der Waals surface area contributed by atoms with Gasteiger partial charge in [-0.3, -0.25) is 11.3 Å². The molecule has 18 heavy (non-hydrogen) atoms. The van der Waals surface area contributed by atoms with Crippen molar-refractivity contribution < 1.29 is 9.47 Å². The first-order valence-corrected chi connectivity index (χ1v) is 6.64. The van der Waals surface area contributed by atoms with Crippen molar-refractivity contribution in [2.75, 3.05) is 13.2 Å². The average Bonchev–Trinajstić information content (AvgIpc) is 3.19. The first-order chi connectivity index (χ1) is 8.83. The Morgan fingerprint density at radius 1 is 1.44 bits per heavy atom. The second kappa shape index (κ2) is 6.73. The van der Waals surface area contributed by atoms with Gasteiger partial charge in [0.15, 0.2) is 0 Å². The predicted octanol–water partition coefficient (Wildman–Crippen LogP) is 2.16. The molecular formula is C14H22N2O2. The summed E-state index contributed by atoms with van der Waals surface area (Å²) in [6, 6.07) is 8.25. The minimum absolute atomic E-state index is 0.110. The Kier molecular flexibility index (Phi) is 4.99. The summed E-state index contributed by atoms with van der Waals surface area (Å²) >= 11 is 0. The lowest BCUT2D eigenvalue weighted by Crippen LogP contribution is -2.29. The standard InChI is InChI=1S/C14H22N2O2/c1-2-17-9-8-14(16-15)11-4-3-5-13(10-11)18-12-6-7-12/h3-5,10,12,14,16H,2,6-9,15H2,1H3. The lowest BCUT2D eigenvalue weighted by atomic mass is 10.0. The Hall–Kier alpha value is -1.10. The third-order valence-electron chi connectivity index (χ3n) is 3.04. The van der Waals surface area contributed by atoms with Gasteiger partial charge < -0.3 is 9.47 Å². The van der Waals surface area contributed by atoms with Crippen LogP contribution in [0.4, 0.5) is 0 Å². The first-order valence-electron chi connectivity index (χ1n) is 6.64. The van der Waals surface area contributed by atoms with Gasteiger partial charge in [0.25, 0.3) is 0 Å². The van der Waals surface area contributed by atoms with Crippen molar-refractivity contribution in [3.63, 3.8) is 0 Å². The first kappa shape index (κ1) is 13.3. The molecule has 0 aliphatic heterocycles. The van der Waals surface area contributed by atoms with Gasteiger partial charge >= 0.3 is 0 Å². The summed E-state index contributed by atoms with van der Waals surface area (Å²) in [6.45, 7) is 3.44. The van der Waals surface area contributed by atoms with Gasteiger partial charge in [0.05, 0.1) is 6.10 Å². The van der Waals surface area contributed by atoms with E-state index < -0.39 is 0 Å². The molecule has 2 rings (SSSR count). The fraction of sp³-hybridized carbons (Fsp3) is 0.571. The van der Waals surface area contributed by atoms with Crippen LogP contribution in [0, 0.1) is 0 Å². The second-order valence-corrected chi connectivity index (χ2v) is 4.59. The Morgan fingerprint density at radius 2 is 2.28 bits per heavy atom. The third kappa shape index (κ3) is 3.98. The SMILES string of the molecule is CCOCCC(NN)c1cccc(OC2CC2)c1. The van der Waals surface area contributed by atoms with Crippen LogP contribution >= 0.6 is 0 Å². The van der Waals surface area contributed by atoms with E-state index in [1.807, 2.05) is 19.1 Å². The molecule has 1 aliphatic carbocycles. The fourth-order valence-corrected chi connectivity index (χ4v) is 1.87. The maximum Gasteiger partial charge on any atom is 0.120 e. The Balaban J connectivity index is 1.95. The van der Waals surface area contributed by atoms with Crippen LogP contribution in [-0.2, 0) is 4.74 Å². The summed E-state index contributed by atoms with van der Waals surface area (Å²) in [4.78, 5) is 0. The van der Waals surface area contributed by atoms with Crippen LogP contribution in [0.3, 0.4) is 0 Å². The van der Waals surface area contributed by atoms with E-state index in [4.69, 9.17) is 15.3 Å². The Bertz CT molecular complexity index is 367. The highest BCUT2D eigenvalue weighted by Gasteiger charge is 2.23. The molecule has 0 radical (unpaired) electrons. The molecule has 0 aromatic heterocycles. The van der Waals surface area contributed by atoms with Crippen molar-refractivity contribution in [1.82, 2.24) is 5.43 Å². The molecule has 1 saturated carbocycles. The van der Waals surface area contributed by atoms with Crippen LogP contribution in [0.25, 0.3) is 0 Å². The summed E-state index contributed by atoms with van der Waals surface area (Å²) in [7, 11) is 0. The summed E-state index contributed by atoms with van der Waals surface area (Å²) < 4.78 is 11.2. The highest BCUT2D eigenvalue weighted by Crippen LogP contribution is 2.28. The van der Waals surface area contributed by atoms with Crippen LogP contribution in [-0.4, -0.2) is 19.3 Å². The molecule has 100 valence electrons. The predicted molar refractivity (Wildman–Crippen MR) is 71.3 cm³/mol. The second-order valence-electron chi connectivity index (χ2n) is 4.59. The highest BCUT2D eigenvalue weighted by molar-refractivity contribution is 5.31. The molecule has 0 spiro atoms. The monoisotopic (exact) mass is 250 g/mol. The van der Waals surface area contributed by atoms with Gasteiger partial charge in [0, 0.05) is 19.3 Å². The molecule has 4 heteroatoms. The lowest BCUT2D eigenvalue weighted by Gasteiger charge is -2.17. The fourth-order valence-electron chi connectivity index (χ4n) is 1.87. The van der Waals surface area contributed by atoms with E-state index in [1.165, 1.54) is 12.8 Å².